The van der Waals surface area contributed by atoms with Gasteiger partial charge in [-0.25, -0.2) is 19.2 Å². The van der Waals surface area contributed by atoms with E-state index in [2.05, 4.69) is 25.4 Å². The number of nitrogens with zero attached hydrogens (tertiary/aromatic N) is 4. The van der Waals surface area contributed by atoms with Gasteiger partial charge in [-0.05, 0) is 36.4 Å². The molecule has 2 aromatic heterocycles. The summed E-state index contributed by atoms with van der Waals surface area (Å²) in [4.78, 5) is 32.5. The average Bonchev–Trinajstić information content (AvgIpc) is 3.34. The van der Waals surface area contributed by atoms with Crippen LogP contribution in [0.2, 0.25) is 0 Å². The van der Waals surface area contributed by atoms with E-state index >= 15 is 4.39 Å². The average molecular weight is 569 g/mol. The first-order valence-corrected chi connectivity index (χ1v) is 12.1. The summed E-state index contributed by atoms with van der Waals surface area (Å²) in [5.74, 6) is -1.31. The third kappa shape index (κ3) is 8.09. The zero-order valence-electron chi connectivity index (χ0n) is 22.2. The molecule has 0 aliphatic rings. The maximum absolute atomic E-state index is 15.8. The highest BCUT2D eigenvalue weighted by Gasteiger charge is 2.27. The molecular formula is C26H29FN8O6. The minimum atomic E-state index is -1.02. The van der Waals surface area contributed by atoms with Crippen LogP contribution in [-0.2, 0) is 4.79 Å². The van der Waals surface area contributed by atoms with Crippen molar-refractivity contribution in [2.75, 3.05) is 25.6 Å². The molecule has 0 bridgehead atoms. The summed E-state index contributed by atoms with van der Waals surface area (Å²) >= 11 is 0. The van der Waals surface area contributed by atoms with E-state index < -0.39 is 23.5 Å². The number of anilines is 1. The van der Waals surface area contributed by atoms with E-state index in [1.807, 2.05) is 0 Å². The number of aromatic amines is 1. The van der Waals surface area contributed by atoms with Crippen LogP contribution in [0.15, 0.2) is 59.7 Å². The highest BCUT2D eigenvalue weighted by atomic mass is 19.1. The predicted octanol–water partition coefficient (Wildman–Crippen LogP) is 1.84. The Hall–Kier alpha value is -5.31. The van der Waals surface area contributed by atoms with E-state index in [9.17, 15) is 4.79 Å². The fourth-order valence-corrected chi connectivity index (χ4v) is 3.49. The summed E-state index contributed by atoms with van der Waals surface area (Å²) in [6.45, 7) is 1.06. The van der Waals surface area contributed by atoms with Crippen LogP contribution in [0.1, 0.15) is 36.3 Å². The number of amidine groups is 1. The zero-order valence-corrected chi connectivity index (χ0v) is 22.2. The molecule has 0 spiro atoms. The molecule has 0 radical (unpaired) electrons. The molecule has 0 aliphatic carbocycles. The van der Waals surface area contributed by atoms with Gasteiger partial charge in [0.15, 0.2) is 17.4 Å². The van der Waals surface area contributed by atoms with Crippen molar-refractivity contribution in [3.63, 3.8) is 0 Å². The molecule has 4 aromatic rings. The van der Waals surface area contributed by atoms with Crippen LogP contribution < -0.4 is 26.2 Å². The van der Waals surface area contributed by atoms with Crippen molar-refractivity contribution in [1.82, 2.24) is 24.7 Å². The lowest BCUT2D eigenvalue weighted by Crippen LogP contribution is -2.18. The fraction of sp³-hybridized carbons (Fsp3) is 0.231. The Labute approximate surface area is 233 Å². The molecule has 216 valence electrons. The molecule has 0 unspecified atom stereocenters. The lowest BCUT2D eigenvalue weighted by molar-refractivity contribution is -0.134. The maximum atomic E-state index is 15.8. The number of halogens is 1. The number of rotatable bonds is 11. The van der Waals surface area contributed by atoms with Gasteiger partial charge in [-0.1, -0.05) is 0 Å². The monoisotopic (exact) mass is 568 g/mol. The fourth-order valence-electron chi connectivity index (χ4n) is 3.49. The number of carboxylic acid groups (broad SMARTS) is 1. The number of aromatic nitrogens is 5. The maximum Gasteiger partial charge on any atom is 0.350 e. The molecular weight excluding hydrogens is 539 g/mol. The van der Waals surface area contributed by atoms with Gasteiger partial charge in [0, 0.05) is 55.2 Å². The van der Waals surface area contributed by atoms with E-state index in [1.54, 1.807) is 30.3 Å². The van der Waals surface area contributed by atoms with Crippen LogP contribution in [0, 0.1) is 11.2 Å². The van der Waals surface area contributed by atoms with Crippen molar-refractivity contribution in [2.24, 2.45) is 5.73 Å². The quantitative estimate of drug-likeness (QED) is 0.0872. The number of aliphatic hydroxyl groups is 1. The number of nitrogen functional groups attached to an aromatic ring is 1. The molecule has 0 fully saturated rings. The van der Waals surface area contributed by atoms with Crippen LogP contribution in [0.5, 0.6) is 11.5 Å². The first kappa shape index (κ1) is 30.2. The molecule has 1 atom stereocenters. The summed E-state index contributed by atoms with van der Waals surface area (Å²) in [5.41, 5.74) is 6.04. The first-order valence-electron chi connectivity index (χ1n) is 12.1. The molecule has 14 nitrogen and oxygen atoms in total. The molecule has 4 rings (SSSR count). The van der Waals surface area contributed by atoms with Crippen molar-refractivity contribution < 1.29 is 28.9 Å². The second-order valence-electron chi connectivity index (χ2n) is 8.32. The Morgan fingerprint density at radius 2 is 1.90 bits per heavy atom. The summed E-state index contributed by atoms with van der Waals surface area (Å²) in [7, 11) is 1.43. The van der Waals surface area contributed by atoms with E-state index in [4.69, 9.17) is 35.6 Å². The topological polar surface area (TPSA) is 214 Å². The molecule has 41 heavy (non-hydrogen) atoms. The summed E-state index contributed by atoms with van der Waals surface area (Å²) in [6, 6.07) is 10.0. The number of ether oxygens (including phenoxy) is 2. The minimum Gasteiger partial charge on any atom is -0.497 e. The van der Waals surface area contributed by atoms with Crippen molar-refractivity contribution in [1.29, 1.82) is 5.41 Å². The standard InChI is InChI=1S/C24H25FN8O4.C2H4O2/c1-36-16-12-17(19(25)18(13-16)37-11-3-10-34)20(30-15-6-4-14(5-7-15)21(26)27)22-31-24(35)33(32-22)23-28-8-2-9-29-23;1-2(3)4/h2,4-9,12-13,20,30,34H,3,10-11H2,1H3,(H3,26,27)(H,31,32,35);1H3,(H,3,4)/t20-;/m0./s1. The number of nitrogens with two attached hydrogens (primary N) is 1. The predicted molar refractivity (Wildman–Crippen MR) is 146 cm³/mol. The first-order chi connectivity index (χ1) is 19.6. The third-order valence-corrected chi connectivity index (χ3v) is 5.30. The van der Waals surface area contributed by atoms with E-state index in [1.165, 1.54) is 31.6 Å². The Morgan fingerprint density at radius 3 is 2.49 bits per heavy atom. The number of aliphatic hydroxyl groups excluding tert-OH is 1. The van der Waals surface area contributed by atoms with Crippen LogP contribution in [-0.4, -0.2) is 67.1 Å². The molecule has 7 N–H and O–H groups in total. The van der Waals surface area contributed by atoms with E-state index in [-0.39, 0.29) is 42.1 Å². The number of aliphatic carboxylic acids is 1. The third-order valence-electron chi connectivity index (χ3n) is 5.30. The van der Waals surface area contributed by atoms with E-state index in [0.29, 0.717) is 23.4 Å². The van der Waals surface area contributed by atoms with Gasteiger partial charge in [0.05, 0.1) is 13.7 Å². The zero-order chi connectivity index (χ0) is 29.9. The number of methoxy groups -OCH3 is 1. The molecule has 2 aromatic carbocycles. The Kier molecular flexibility index (Phi) is 10.5. The molecule has 0 saturated carbocycles. The van der Waals surface area contributed by atoms with Gasteiger partial charge in [-0.15, -0.1) is 9.78 Å². The van der Waals surface area contributed by atoms with Crippen LogP contribution in [0.25, 0.3) is 5.95 Å². The second kappa shape index (κ2) is 14.2. The number of benzene rings is 2. The number of hydrogen-bond donors (Lipinski definition) is 6. The highest BCUT2D eigenvalue weighted by molar-refractivity contribution is 5.95. The van der Waals surface area contributed by atoms with Gasteiger partial charge in [0.2, 0.25) is 0 Å². The smallest absolute Gasteiger partial charge is 0.350 e. The van der Waals surface area contributed by atoms with Crippen molar-refractivity contribution >= 4 is 17.5 Å². The Balaban J connectivity index is 0.00000108. The molecule has 15 heteroatoms. The van der Waals surface area contributed by atoms with Gasteiger partial charge >= 0.3 is 5.69 Å². The van der Waals surface area contributed by atoms with Crippen LogP contribution >= 0.6 is 0 Å². The van der Waals surface area contributed by atoms with Gasteiger partial charge in [-0.2, -0.15) is 0 Å². The largest absolute Gasteiger partial charge is 0.497 e. The lowest BCUT2D eigenvalue weighted by Gasteiger charge is -2.21. The Bertz CT molecular complexity index is 1520. The second-order valence-corrected chi connectivity index (χ2v) is 8.32. The number of nitrogens with one attached hydrogen (secondary N) is 3. The summed E-state index contributed by atoms with van der Waals surface area (Å²) in [5, 5.41) is 31.6. The SMILES string of the molecule is CC(=O)O.COc1cc(OCCCO)c(F)c([C@H](Nc2ccc(C(=N)N)cc2)c2nn(-c3ncccn3)c(=O)[nH]2)c1. The van der Waals surface area contributed by atoms with Crippen LogP contribution in [0.3, 0.4) is 0 Å². The van der Waals surface area contributed by atoms with Crippen LogP contribution in [0.4, 0.5) is 10.1 Å². The summed E-state index contributed by atoms with van der Waals surface area (Å²) in [6.07, 6.45) is 3.24. The van der Waals surface area contributed by atoms with Crippen molar-refractivity contribution in [3.05, 3.63) is 88.1 Å². The molecule has 0 aliphatic heterocycles. The van der Waals surface area contributed by atoms with Gasteiger partial charge in [-0.3, -0.25) is 15.2 Å². The Morgan fingerprint density at radius 1 is 1.24 bits per heavy atom. The van der Waals surface area contributed by atoms with Gasteiger partial charge in [0.1, 0.15) is 17.6 Å². The molecule has 0 amide bonds. The lowest BCUT2D eigenvalue weighted by atomic mass is 10.0. The highest BCUT2D eigenvalue weighted by Crippen LogP contribution is 2.35. The van der Waals surface area contributed by atoms with Gasteiger partial charge in [0.25, 0.3) is 11.9 Å². The van der Waals surface area contributed by atoms with Gasteiger partial charge < -0.3 is 30.7 Å². The number of carbonyl (C=O) groups is 1. The number of H-pyrrole nitrogens is 1. The molecule has 0 saturated heterocycles. The number of carboxylic acids is 1. The number of hydrogen-bond acceptors (Lipinski definition) is 10. The minimum absolute atomic E-state index is 0.0405. The van der Waals surface area contributed by atoms with Crippen molar-refractivity contribution in [3.8, 4) is 17.4 Å². The summed E-state index contributed by atoms with van der Waals surface area (Å²) < 4.78 is 27.6. The molecule has 2 heterocycles. The van der Waals surface area contributed by atoms with Crippen molar-refractivity contribution in [2.45, 2.75) is 19.4 Å². The van der Waals surface area contributed by atoms with E-state index in [0.717, 1.165) is 11.6 Å². The normalized spacial score (nSPS) is 11.1.